The van der Waals surface area contributed by atoms with Gasteiger partial charge in [-0.15, -0.1) is 0 Å². The Bertz CT molecular complexity index is 1150. The van der Waals surface area contributed by atoms with Crippen LogP contribution in [0.1, 0.15) is 21.8 Å². The lowest BCUT2D eigenvalue weighted by Gasteiger charge is -2.17. The number of hydrogen-bond acceptors (Lipinski definition) is 5. The van der Waals surface area contributed by atoms with E-state index in [1.807, 2.05) is 18.2 Å². The van der Waals surface area contributed by atoms with Crippen LogP contribution < -0.4 is 0 Å². The number of amides is 1. The van der Waals surface area contributed by atoms with Gasteiger partial charge in [-0.3, -0.25) is 14.8 Å². The number of carbonyl (C=O) groups excluding carboxylic acids is 1. The molecule has 140 valence electrons. The Morgan fingerprint density at radius 3 is 2.79 bits per heavy atom. The Hall–Kier alpha value is -3.61. The highest BCUT2D eigenvalue weighted by Crippen LogP contribution is 2.22. The van der Waals surface area contributed by atoms with Crippen LogP contribution in [-0.4, -0.2) is 33.0 Å². The van der Waals surface area contributed by atoms with Crippen LogP contribution in [0.2, 0.25) is 0 Å². The molecule has 0 saturated heterocycles. The van der Waals surface area contributed by atoms with Gasteiger partial charge in [0.15, 0.2) is 5.76 Å². The maximum atomic E-state index is 13.5. The van der Waals surface area contributed by atoms with Gasteiger partial charge in [0.05, 0.1) is 23.3 Å². The van der Waals surface area contributed by atoms with E-state index in [0.29, 0.717) is 39.3 Å². The Kier molecular flexibility index (Phi) is 4.57. The van der Waals surface area contributed by atoms with E-state index in [2.05, 4.69) is 15.1 Å². The summed E-state index contributed by atoms with van der Waals surface area (Å²) in [4.78, 5) is 23.1. The summed E-state index contributed by atoms with van der Waals surface area (Å²) in [6, 6.07) is 13.2. The van der Waals surface area contributed by atoms with Gasteiger partial charge in [-0.25, -0.2) is 4.39 Å². The summed E-state index contributed by atoms with van der Waals surface area (Å²) in [5.41, 5.74) is 2.87. The number of aromatic nitrogens is 3. The van der Waals surface area contributed by atoms with Gasteiger partial charge in [0, 0.05) is 36.5 Å². The van der Waals surface area contributed by atoms with Gasteiger partial charge in [0.2, 0.25) is 0 Å². The predicted octanol–water partition coefficient (Wildman–Crippen LogP) is 4.00. The van der Waals surface area contributed by atoms with E-state index in [4.69, 9.17) is 4.52 Å². The second-order valence-corrected chi connectivity index (χ2v) is 6.53. The summed E-state index contributed by atoms with van der Waals surface area (Å²) in [6.45, 7) is 2.01. The van der Waals surface area contributed by atoms with Crippen LogP contribution >= 0.6 is 0 Å². The molecule has 4 aromatic rings. The minimum absolute atomic E-state index is 0.210. The minimum atomic E-state index is -0.388. The molecule has 0 N–H and O–H groups in total. The van der Waals surface area contributed by atoms with Crippen molar-refractivity contribution in [3.63, 3.8) is 0 Å². The molecule has 0 aliphatic carbocycles. The molecule has 3 aromatic heterocycles. The number of carbonyl (C=O) groups is 1. The number of halogens is 1. The normalized spacial score (nSPS) is 11.0. The largest absolute Gasteiger partial charge is 0.359 e. The molecule has 0 spiro atoms. The van der Waals surface area contributed by atoms with Crippen molar-refractivity contribution in [3.8, 4) is 11.4 Å². The van der Waals surface area contributed by atoms with Crippen molar-refractivity contribution in [1.82, 2.24) is 20.0 Å². The lowest BCUT2D eigenvalue weighted by Crippen LogP contribution is -2.26. The third-order valence-corrected chi connectivity index (χ3v) is 4.36. The SMILES string of the molecule is Cc1cc(C(=O)N(C)Cc2cc(-c3ccccn3)no2)c2ccc(F)cc2n1. The van der Waals surface area contributed by atoms with Gasteiger partial charge in [-0.05, 0) is 37.3 Å². The van der Waals surface area contributed by atoms with Gasteiger partial charge in [-0.1, -0.05) is 11.2 Å². The van der Waals surface area contributed by atoms with Crippen molar-refractivity contribution in [1.29, 1.82) is 0 Å². The Balaban J connectivity index is 1.59. The molecular weight excluding hydrogens is 359 g/mol. The summed E-state index contributed by atoms with van der Waals surface area (Å²) in [5.74, 6) is -0.0587. The first-order chi connectivity index (χ1) is 13.5. The van der Waals surface area contributed by atoms with E-state index < -0.39 is 0 Å². The molecular formula is C21H17FN4O2. The van der Waals surface area contributed by atoms with Gasteiger partial charge < -0.3 is 9.42 Å². The van der Waals surface area contributed by atoms with Gasteiger partial charge >= 0.3 is 0 Å². The average molecular weight is 376 g/mol. The number of benzene rings is 1. The molecule has 0 saturated carbocycles. The fourth-order valence-electron chi connectivity index (χ4n) is 3.04. The monoisotopic (exact) mass is 376 g/mol. The lowest BCUT2D eigenvalue weighted by molar-refractivity contribution is 0.0774. The first-order valence-electron chi connectivity index (χ1n) is 8.70. The second-order valence-electron chi connectivity index (χ2n) is 6.53. The van der Waals surface area contributed by atoms with Gasteiger partial charge in [-0.2, -0.15) is 0 Å². The summed E-state index contributed by atoms with van der Waals surface area (Å²) < 4.78 is 18.9. The van der Waals surface area contributed by atoms with E-state index in [9.17, 15) is 9.18 Å². The molecule has 0 aliphatic heterocycles. The number of aryl methyl sites for hydroxylation is 1. The molecule has 0 radical (unpaired) electrons. The van der Waals surface area contributed by atoms with Crippen LogP contribution in [0, 0.1) is 12.7 Å². The smallest absolute Gasteiger partial charge is 0.254 e. The lowest BCUT2D eigenvalue weighted by atomic mass is 10.1. The topological polar surface area (TPSA) is 72.1 Å². The third-order valence-electron chi connectivity index (χ3n) is 4.36. The highest BCUT2D eigenvalue weighted by molar-refractivity contribution is 6.06. The van der Waals surface area contributed by atoms with E-state index in [1.54, 1.807) is 38.4 Å². The first-order valence-corrected chi connectivity index (χ1v) is 8.70. The summed E-state index contributed by atoms with van der Waals surface area (Å²) in [7, 11) is 1.68. The van der Waals surface area contributed by atoms with E-state index >= 15 is 0 Å². The molecule has 28 heavy (non-hydrogen) atoms. The van der Waals surface area contributed by atoms with Crippen LogP contribution in [0.3, 0.4) is 0 Å². The van der Waals surface area contributed by atoms with Crippen molar-refractivity contribution < 1.29 is 13.7 Å². The third kappa shape index (κ3) is 3.46. The molecule has 7 heteroatoms. The number of pyridine rings is 2. The summed E-state index contributed by atoms with van der Waals surface area (Å²) in [5, 5.41) is 4.63. The first kappa shape index (κ1) is 17.8. The molecule has 1 amide bonds. The van der Waals surface area contributed by atoms with Crippen LogP contribution in [0.4, 0.5) is 4.39 Å². The van der Waals surface area contributed by atoms with Crippen LogP contribution in [-0.2, 0) is 6.54 Å². The number of nitrogens with zero attached hydrogens (tertiary/aromatic N) is 4. The predicted molar refractivity (Wildman–Crippen MR) is 102 cm³/mol. The second kappa shape index (κ2) is 7.19. The molecule has 4 rings (SSSR count). The fraction of sp³-hybridized carbons (Fsp3) is 0.143. The molecule has 0 fully saturated rings. The number of rotatable bonds is 4. The Morgan fingerprint density at radius 2 is 2.00 bits per heavy atom. The van der Waals surface area contributed by atoms with Crippen molar-refractivity contribution >= 4 is 16.8 Å². The zero-order valence-electron chi connectivity index (χ0n) is 15.4. The van der Waals surface area contributed by atoms with E-state index in [0.717, 1.165) is 0 Å². The van der Waals surface area contributed by atoms with Crippen molar-refractivity contribution in [2.75, 3.05) is 7.05 Å². The zero-order valence-corrected chi connectivity index (χ0v) is 15.4. The minimum Gasteiger partial charge on any atom is -0.359 e. The summed E-state index contributed by atoms with van der Waals surface area (Å²) >= 11 is 0. The Labute approximate surface area is 160 Å². The Morgan fingerprint density at radius 1 is 1.14 bits per heavy atom. The molecule has 0 aliphatic rings. The maximum absolute atomic E-state index is 13.5. The highest BCUT2D eigenvalue weighted by Gasteiger charge is 2.19. The van der Waals surface area contributed by atoms with Crippen LogP contribution in [0.5, 0.6) is 0 Å². The van der Waals surface area contributed by atoms with Gasteiger partial charge in [0.25, 0.3) is 5.91 Å². The number of fused-ring (bicyclic) bond motifs is 1. The maximum Gasteiger partial charge on any atom is 0.254 e. The molecule has 1 aromatic carbocycles. The zero-order chi connectivity index (χ0) is 19.7. The molecule has 0 bridgehead atoms. The van der Waals surface area contributed by atoms with Gasteiger partial charge in [0.1, 0.15) is 11.5 Å². The highest BCUT2D eigenvalue weighted by atomic mass is 19.1. The average Bonchev–Trinajstić information content (AvgIpc) is 3.15. The molecule has 6 nitrogen and oxygen atoms in total. The van der Waals surface area contributed by atoms with Crippen molar-refractivity contribution in [2.24, 2.45) is 0 Å². The molecule has 0 atom stereocenters. The molecule has 0 unspecified atom stereocenters. The van der Waals surface area contributed by atoms with Crippen molar-refractivity contribution in [3.05, 3.63) is 77.6 Å². The summed E-state index contributed by atoms with van der Waals surface area (Å²) in [6.07, 6.45) is 1.68. The van der Waals surface area contributed by atoms with E-state index in [-0.39, 0.29) is 18.3 Å². The van der Waals surface area contributed by atoms with Crippen LogP contribution in [0.15, 0.2) is 59.3 Å². The van der Waals surface area contributed by atoms with E-state index in [1.165, 1.54) is 17.0 Å². The molecule has 3 heterocycles. The standard InChI is InChI=1S/C21H17FN4O2/c1-13-9-17(16-7-6-14(22)10-19(16)24-13)21(27)26(2)12-15-11-20(25-28-15)18-5-3-4-8-23-18/h3-11H,12H2,1-2H3. The quantitative estimate of drug-likeness (QED) is 0.538. The van der Waals surface area contributed by atoms with Crippen molar-refractivity contribution in [2.45, 2.75) is 13.5 Å². The number of hydrogen-bond donors (Lipinski definition) is 0. The van der Waals surface area contributed by atoms with Crippen LogP contribution in [0.25, 0.3) is 22.3 Å². The fourth-order valence-corrected chi connectivity index (χ4v) is 3.04.